The fourth-order valence-electron chi connectivity index (χ4n) is 2.06. The van der Waals surface area contributed by atoms with E-state index in [1.165, 1.54) is 0 Å². The zero-order valence-corrected chi connectivity index (χ0v) is 9.83. The zero-order valence-electron chi connectivity index (χ0n) is 9.83. The van der Waals surface area contributed by atoms with E-state index in [0.29, 0.717) is 6.92 Å². The van der Waals surface area contributed by atoms with E-state index in [-0.39, 0.29) is 6.08 Å². The molecule has 0 bridgehead atoms. The molecule has 8 heteroatoms. The van der Waals surface area contributed by atoms with E-state index in [1.54, 1.807) is 0 Å². The molecule has 0 aromatic heterocycles. The molecule has 0 spiro atoms. The Kier molecular flexibility index (Phi) is 3.27. The summed E-state index contributed by atoms with van der Waals surface area (Å²) >= 11 is 0. The molecule has 0 aliphatic heterocycles. The van der Waals surface area contributed by atoms with Crippen molar-refractivity contribution in [2.24, 2.45) is 11.3 Å². The van der Waals surface area contributed by atoms with Crippen LogP contribution in [0, 0.1) is 11.3 Å². The number of alkyl halides is 5. The van der Waals surface area contributed by atoms with Gasteiger partial charge in [0.2, 0.25) is 0 Å². The molecule has 1 nitrogen and oxygen atoms in total. The van der Waals surface area contributed by atoms with Gasteiger partial charge < -0.3 is 0 Å². The summed E-state index contributed by atoms with van der Waals surface area (Å²) in [5, 5.41) is -2.09. The molecule has 2 unspecified atom stereocenters. The maximum atomic E-state index is 14.1. The van der Waals surface area contributed by atoms with Gasteiger partial charge in [0.25, 0.3) is 5.79 Å². The van der Waals surface area contributed by atoms with E-state index < -0.39 is 40.4 Å². The molecule has 0 aromatic carbocycles. The second kappa shape index (κ2) is 3.85. The lowest BCUT2D eigenvalue weighted by Gasteiger charge is -2.51. The molecule has 0 fully saturated rings. The Hall–Kier alpha value is -0.790. The Bertz CT molecular complexity index is 365. The molecule has 18 heavy (non-hydrogen) atoms. The van der Waals surface area contributed by atoms with Crippen LogP contribution in [0.2, 0.25) is 0 Å². The van der Waals surface area contributed by atoms with Crippen molar-refractivity contribution in [1.82, 2.24) is 5.34 Å². The predicted molar refractivity (Wildman–Crippen MR) is 49.9 cm³/mol. The van der Waals surface area contributed by atoms with Crippen LogP contribution in [0.4, 0.5) is 30.9 Å². The van der Waals surface area contributed by atoms with E-state index >= 15 is 0 Å². The van der Waals surface area contributed by atoms with Crippen molar-refractivity contribution in [2.75, 3.05) is 0 Å². The Morgan fingerprint density at radius 1 is 0.944 bits per heavy atom. The molecule has 1 aliphatic rings. The number of halogens is 7. The number of rotatable bonds is 2. The maximum Gasteiger partial charge on any atom is 0.329 e. The molecule has 0 aromatic rings. The molecule has 0 saturated carbocycles. The zero-order chi connectivity index (χ0) is 14.6. The highest BCUT2D eigenvalue weighted by molar-refractivity contribution is 5.25. The second-order valence-corrected chi connectivity index (χ2v) is 4.79. The summed E-state index contributed by atoms with van der Waals surface area (Å²) in [6, 6.07) is 0. The lowest BCUT2D eigenvalue weighted by molar-refractivity contribution is -0.372. The molecule has 1 rings (SSSR count). The van der Waals surface area contributed by atoms with Gasteiger partial charge in [0.05, 0.1) is 10.8 Å². The van der Waals surface area contributed by atoms with Gasteiger partial charge in [-0.25, -0.2) is 4.39 Å². The van der Waals surface area contributed by atoms with Crippen molar-refractivity contribution in [3.8, 4) is 0 Å². The van der Waals surface area contributed by atoms with E-state index in [2.05, 4.69) is 0 Å². The molecular weight excluding hydrogens is 267 g/mol. The van der Waals surface area contributed by atoms with Crippen LogP contribution < -0.4 is 0 Å². The van der Waals surface area contributed by atoms with Crippen molar-refractivity contribution in [3.63, 3.8) is 0 Å². The second-order valence-electron chi connectivity index (χ2n) is 4.79. The van der Waals surface area contributed by atoms with Crippen LogP contribution in [0.25, 0.3) is 0 Å². The molecule has 0 radical (unpaired) electrons. The minimum atomic E-state index is -4.95. The lowest BCUT2D eigenvalue weighted by Crippen LogP contribution is -2.68. The average molecular weight is 279 g/mol. The first kappa shape index (κ1) is 15.3. The van der Waals surface area contributed by atoms with Gasteiger partial charge in [-0.3, -0.25) is 0 Å². The smallest absolute Gasteiger partial charge is 0.215 e. The third-order valence-corrected chi connectivity index (χ3v) is 3.71. The Morgan fingerprint density at radius 2 is 1.39 bits per heavy atom. The topological polar surface area (TPSA) is 3.24 Å². The third kappa shape index (κ3) is 1.50. The SMILES string of the molecule is CC(C)C1(C)C(F)(N(F)F)C=CC(F)(F)C1(F)F. The van der Waals surface area contributed by atoms with Crippen LogP contribution in [0.1, 0.15) is 20.8 Å². The van der Waals surface area contributed by atoms with Crippen LogP contribution in [0.3, 0.4) is 0 Å². The van der Waals surface area contributed by atoms with E-state index in [0.717, 1.165) is 13.8 Å². The Balaban J connectivity index is 3.60. The fraction of sp³-hybridized carbons (Fsp3) is 0.800. The summed E-state index contributed by atoms with van der Waals surface area (Å²) < 4.78 is 93.1. The molecule has 0 heterocycles. The predicted octanol–water partition coefficient (Wildman–Crippen LogP) is 4.23. The first-order valence-electron chi connectivity index (χ1n) is 5.11. The fourth-order valence-corrected chi connectivity index (χ4v) is 2.06. The van der Waals surface area contributed by atoms with Gasteiger partial charge in [-0.1, -0.05) is 22.8 Å². The van der Waals surface area contributed by atoms with Gasteiger partial charge in [-0.05, 0) is 25.0 Å². The molecule has 0 amide bonds. The lowest BCUT2D eigenvalue weighted by atomic mass is 9.62. The van der Waals surface area contributed by atoms with Crippen molar-refractivity contribution in [3.05, 3.63) is 12.2 Å². The molecule has 2 atom stereocenters. The highest BCUT2D eigenvalue weighted by atomic mass is 19.4. The molecular formula is C10H12F7N. The van der Waals surface area contributed by atoms with Crippen LogP contribution in [-0.2, 0) is 0 Å². The first-order valence-corrected chi connectivity index (χ1v) is 5.11. The van der Waals surface area contributed by atoms with Crippen molar-refractivity contribution in [1.29, 1.82) is 0 Å². The van der Waals surface area contributed by atoms with Crippen molar-refractivity contribution < 1.29 is 30.9 Å². The van der Waals surface area contributed by atoms with Gasteiger partial charge in [0.1, 0.15) is 0 Å². The quantitative estimate of drug-likeness (QED) is 0.316. The monoisotopic (exact) mass is 279 g/mol. The summed E-state index contributed by atoms with van der Waals surface area (Å²) in [7, 11) is 0. The highest BCUT2D eigenvalue weighted by Gasteiger charge is 2.78. The third-order valence-electron chi connectivity index (χ3n) is 3.71. The van der Waals surface area contributed by atoms with Crippen LogP contribution in [0.5, 0.6) is 0 Å². The minimum absolute atomic E-state index is 0.204. The molecule has 106 valence electrons. The summed E-state index contributed by atoms with van der Waals surface area (Å²) in [4.78, 5) is 0. The van der Waals surface area contributed by atoms with Crippen molar-refractivity contribution in [2.45, 2.75) is 38.4 Å². The number of allylic oxidation sites excluding steroid dienone is 1. The molecule has 1 aliphatic carbocycles. The average Bonchev–Trinajstić information content (AvgIpc) is 2.21. The number of hydrogen-bond donors (Lipinski definition) is 0. The standard InChI is InChI=1S/C10H12F7N/c1-6(2)7(3)9(13,18(16)17)5-4-8(11,12)10(7,14)15/h4-6H,1-3H3. The summed E-state index contributed by atoms with van der Waals surface area (Å²) in [6.45, 7) is 2.36. The van der Waals surface area contributed by atoms with Gasteiger partial charge in [-0.15, -0.1) is 0 Å². The summed E-state index contributed by atoms with van der Waals surface area (Å²) in [5.41, 5.74) is -3.28. The van der Waals surface area contributed by atoms with Crippen LogP contribution >= 0.6 is 0 Å². The first-order chi connectivity index (χ1) is 7.84. The summed E-state index contributed by atoms with van der Waals surface area (Å²) in [6.07, 6.45) is -0.715. The summed E-state index contributed by atoms with van der Waals surface area (Å²) in [5.74, 6) is -15.1. The van der Waals surface area contributed by atoms with Gasteiger partial charge in [0, 0.05) is 0 Å². The Labute approximate surface area is 99.1 Å². The van der Waals surface area contributed by atoms with Crippen LogP contribution in [-0.4, -0.2) is 23.0 Å². The number of hydrogen-bond acceptors (Lipinski definition) is 1. The maximum absolute atomic E-state index is 14.1. The molecule has 0 N–H and O–H groups in total. The highest BCUT2D eigenvalue weighted by Crippen LogP contribution is 2.62. The minimum Gasteiger partial charge on any atom is -0.215 e. The van der Waals surface area contributed by atoms with Gasteiger partial charge >= 0.3 is 11.8 Å². The van der Waals surface area contributed by atoms with Gasteiger partial charge in [-0.2, -0.15) is 17.6 Å². The van der Waals surface area contributed by atoms with Gasteiger partial charge in [0.15, 0.2) is 0 Å². The van der Waals surface area contributed by atoms with Crippen LogP contribution in [0.15, 0.2) is 12.2 Å². The largest absolute Gasteiger partial charge is 0.329 e. The number of nitrogens with zero attached hydrogens (tertiary/aromatic N) is 1. The molecule has 0 saturated heterocycles. The van der Waals surface area contributed by atoms with E-state index in [4.69, 9.17) is 0 Å². The van der Waals surface area contributed by atoms with E-state index in [1.807, 2.05) is 0 Å². The van der Waals surface area contributed by atoms with E-state index in [9.17, 15) is 30.9 Å². The Morgan fingerprint density at radius 3 is 1.72 bits per heavy atom. The normalized spacial score (nSPS) is 38.4. The van der Waals surface area contributed by atoms with Crippen molar-refractivity contribution >= 4 is 0 Å².